The van der Waals surface area contributed by atoms with Gasteiger partial charge in [-0.25, -0.2) is 9.59 Å². The highest BCUT2D eigenvalue weighted by Crippen LogP contribution is 2.28. The Bertz CT molecular complexity index is 1400. The minimum Gasteiger partial charge on any atom is -0.483 e. The monoisotopic (exact) mass is 518 g/mol. The molecule has 3 aromatic rings. The Morgan fingerprint density at radius 1 is 1.08 bits per heavy atom. The van der Waals surface area contributed by atoms with Crippen molar-refractivity contribution in [3.63, 3.8) is 0 Å². The lowest BCUT2D eigenvalue weighted by Crippen LogP contribution is -2.30. The van der Waals surface area contributed by atoms with Crippen molar-refractivity contribution >= 4 is 41.3 Å². The minimum atomic E-state index is -0.666. The first-order valence-corrected chi connectivity index (χ1v) is 11.6. The van der Waals surface area contributed by atoms with Crippen molar-refractivity contribution in [2.75, 3.05) is 38.0 Å². The van der Waals surface area contributed by atoms with E-state index < -0.39 is 17.9 Å². The number of nitrogens with one attached hydrogen (secondary N) is 2. The summed E-state index contributed by atoms with van der Waals surface area (Å²) in [5.41, 5.74) is 1.96. The number of carbonyl (C=O) groups is 4. The molecular formula is C27H26N4O7. The van der Waals surface area contributed by atoms with Gasteiger partial charge in [0, 0.05) is 37.1 Å². The average molecular weight is 519 g/mol. The van der Waals surface area contributed by atoms with Gasteiger partial charge in [0.15, 0.2) is 6.61 Å². The first kappa shape index (κ1) is 26.0. The Morgan fingerprint density at radius 3 is 2.55 bits per heavy atom. The molecule has 0 unspecified atom stereocenters. The predicted octanol–water partition coefficient (Wildman–Crippen LogP) is 3.24. The van der Waals surface area contributed by atoms with Crippen LogP contribution in [0, 0.1) is 0 Å². The van der Waals surface area contributed by atoms with E-state index in [1.54, 1.807) is 36.4 Å². The zero-order chi connectivity index (χ0) is 27.2. The zero-order valence-electron chi connectivity index (χ0n) is 21.0. The molecule has 1 aliphatic rings. The molecule has 4 amide bonds. The van der Waals surface area contributed by atoms with Gasteiger partial charge in [-0.15, -0.1) is 0 Å². The van der Waals surface area contributed by atoms with Crippen molar-refractivity contribution in [1.29, 1.82) is 0 Å². The van der Waals surface area contributed by atoms with Gasteiger partial charge in [-0.2, -0.15) is 0 Å². The van der Waals surface area contributed by atoms with Gasteiger partial charge in [-0.05, 0) is 42.5 Å². The summed E-state index contributed by atoms with van der Waals surface area (Å²) in [5.74, 6) is -1.06. The maximum Gasteiger partial charge on any atom is 0.373 e. The number of rotatable bonds is 9. The molecule has 2 aromatic carbocycles. The van der Waals surface area contributed by atoms with Crippen LogP contribution >= 0.6 is 0 Å². The van der Waals surface area contributed by atoms with Crippen molar-refractivity contribution in [3.05, 3.63) is 83.4 Å². The molecule has 2 heterocycles. The second-order valence-electron chi connectivity index (χ2n) is 8.46. The van der Waals surface area contributed by atoms with Gasteiger partial charge in [0.1, 0.15) is 17.2 Å². The molecule has 11 nitrogen and oxygen atoms in total. The van der Waals surface area contributed by atoms with E-state index in [9.17, 15) is 19.2 Å². The predicted molar refractivity (Wildman–Crippen MR) is 138 cm³/mol. The van der Waals surface area contributed by atoms with E-state index in [0.717, 1.165) is 10.6 Å². The largest absolute Gasteiger partial charge is 0.483 e. The summed E-state index contributed by atoms with van der Waals surface area (Å²) in [7, 11) is 4.94. The normalized spacial score (nSPS) is 13.9. The number of esters is 1. The number of ether oxygens (including phenoxy) is 2. The molecule has 2 N–H and O–H groups in total. The molecule has 4 rings (SSSR count). The average Bonchev–Trinajstić information content (AvgIpc) is 3.48. The number of nitrogens with zero attached hydrogens (tertiary/aromatic N) is 2. The van der Waals surface area contributed by atoms with Crippen LogP contribution < -0.4 is 20.3 Å². The molecule has 0 atom stereocenters. The third kappa shape index (κ3) is 6.01. The number of benzene rings is 2. The number of amides is 4. The number of methoxy groups -OCH3 is 1. The Kier molecular flexibility index (Phi) is 7.76. The number of hydrogen-bond donors (Lipinski definition) is 2. The van der Waals surface area contributed by atoms with Crippen molar-refractivity contribution in [1.82, 2.24) is 10.2 Å². The minimum absolute atomic E-state index is 0.0194. The van der Waals surface area contributed by atoms with Gasteiger partial charge in [0.2, 0.25) is 5.76 Å². The van der Waals surface area contributed by atoms with E-state index in [0.29, 0.717) is 17.0 Å². The lowest BCUT2D eigenvalue weighted by atomic mass is 10.1. The van der Waals surface area contributed by atoms with Gasteiger partial charge in [-0.1, -0.05) is 18.2 Å². The third-order valence-corrected chi connectivity index (χ3v) is 5.55. The number of hydrogen-bond acceptors (Lipinski definition) is 8. The second-order valence-corrected chi connectivity index (χ2v) is 8.46. The number of carbonyl (C=O) groups excluding carboxylic acids is 4. The molecule has 1 saturated heterocycles. The van der Waals surface area contributed by atoms with Crippen LogP contribution in [0.25, 0.3) is 6.08 Å². The van der Waals surface area contributed by atoms with Gasteiger partial charge in [0.25, 0.3) is 11.8 Å². The summed E-state index contributed by atoms with van der Waals surface area (Å²) < 4.78 is 15.8. The van der Waals surface area contributed by atoms with Crippen molar-refractivity contribution in [2.45, 2.75) is 6.54 Å². The fourth-order valence-electron chi connectivity index (χ4n) is 3.61. The summed E-state index contributed by atoms with van der Waals surface area (Å²) in [6.45, 7) is -0.447. The van der Waals surface area contributed by atoms with Crippen LogP contribution in [0.15, 0.2) is 70.8 Å². The summed E-state index contributed by atoms with van der Waals surface area (Å²) in [4.78, 5) is 52.4. The van der Waals surface area contributed by atoms with Crippen LogP contribution in [0.3, 0.4) is 0 Å². The van der Waals surface area contributed by atoms with E-state index in [2.05, 4.69) is 15.4 Å². The first-order chi connectivity index (χ1) is 18.2. The van der Waals surface area contributed by atoms with Crippen LogP contribution in [0.1, 0.15) is 21.9 Å². The molecular weight excluding hydrogens is 492 g/mol. The van der Waals surface area contributed by atoms with Crippen molar-refractivity contribution in [3.8, 4) is 5.75 Å². The van der Waals surface area contributed by atoms with Crippen molar-refractivity contribution in [2.24, 2.45) is 0 Å². The number of para-hydroxylation sites is 1. The molecule has 0 aliphatic carbocycles. The topological polar surface area (TPSA) is 130 Å². The van der Waals surface area contributed by atoms with Gasteiger partial charge in [-0.3, -0.25) is 14.5 Å². The molecule has 38 heavy (non-hydrogen) atoms. The number of anilines is 2. The van der Waals surface area contributed by atoms with Crippen LogP contribution in [-0.4, -0.2) is 56.5 Å². The maximum absolute atomic E-state index is 13.0. The lowest BCUT2D eigenvalue weighted by molar-refractivity contribution is -0.123. The fourth-order valence-corrected chi connectivity index (χ4v) is 3.61. The highest BCUT2D eigenvalue weighted by molar-refractivity contribution is 6.14. The standard InChI is InChI=1S/C27H26N4O7/c1-30(2)19-10-9-17(23(14-19)37-16-24(32)28-18-7-5-4-6-8-18)13-21-25(33)31(27(35)29-21)15-20-11-12-22(38-20)26(34)36-3/h4-14H,15-16H2,1-3H3,(H,28,32)(H,29,35)/b21-13-. The summed E-state index contributed by atoms with van der Waals surface area (Å²) in [5, 5.41) is 5.30. The molecule has 1 fully saturated rings. The molecule has 0 radical (unpaired) electrons. The van der Waals surface area contributed by atoms with E-state index in [4.69, 9.17) is 9.15 Å². The third-order valence-electron chi connectivity index (χ3n) is 5.55. The van der Waals surface area contributed by atoms with Gasteiger partial charge >= 0.3 is 12.0 Å². The molecule has 0 spiro atoms. The Morgan fingerprint density at radius 2 is 1.84 bits per heavy atom. The van der Waals surface area contributed by atoms with E-state index in [1.165, 1.54) is 25.3 Å². The number of furan rings is 1. The van der Waals surface area contributed by atoms with Crippen LogP contribution in [0.2, 0.25) is 0 Å². The van der Waals surface area contributed by atoms with Gasteiger partial charge in [0.05, 0.1) is 13.7 Å². The van der Waals surface area contributed by atoms with E-state index in [-0.39, 0.29) is 36.3 Å². The number of imide groups is 1. The maximum atomic E-state index is 13.0. The van der Waals surface area contributed by atoms with Crippen LogP contribution in [0.5, 0.6) is 5.75 Å². The van der Waals surface area contributed by atoms with Crippen molar-refractivity contribution < 1.29 is 33.1 Å². The SMILES string of the molecule is COC(=O)c1ccc(CN2C(=O)N/C(=C\c3ccc(N(C)C)cc3OCC(=O)Nc3ccccc3)C2=O)o1. The Labute approximate surface area is 218 Å². The van der Waals surface area contributed by atoms with Gasteiger partial charge < -0.3 is 29.4 Å². The van der Waals surface area contributed by atoms with E-state index in [1.807, 2.05) is 31.1 Å². The fraction of sp³-hybridized carbons (Fsp3) is 0.185. The first-order valence-electron chi connectivity index (χ1n) is 11.6. The highest BCUT2D eigenvalue weighted by atomic mass is 16.5. The molecule has 1 aliphatic heterocycles. The Balaban J connectivity index is 1.51. The summed E-state index contributed by atoms with van der Waals surface area (Å²) in [6, 6.07) is 16.5. The lowest BCUT2D eigenvalue weighted by Gasteiger charge is -2.16. The second kappa shape index (κ2) is 11.3. The smallest absolute Gasteiger partial charge is 0.373 e. The van der Waals surface area contributed by atoms with Crippen LogP contribution in [-0.2, 0) is 20.9 Å². The zero-order valence-corrected chi connectivity index (χ0v) is 21.0. The van der Waals surface area contributed by atoms with Crippen LogP contribution in [0.4, 0.5) is 16.2 Å². The summed E-state index contributed by atoms with van der Waals surface area (Å²) in [6.07, 6.45) is 1.48. The molecule has 196 valence electrons. The molecule has 11 heteroatoms. The summed E-state index contributed by atoms with van der Waals surface area (Å²) >= 11 is 0. The Hall–Kier alpha value is -5.06. The molecule has 1 aromatic heterocycles. The molecule has 0 bridgehead atoms. The van der Waals surface area contributed by atoms with E-state index >= 15 is 0 Å². The highest BCUT2D eigenvalue weighted by Gasteiger charge is 2.34. The quantitative estimate of drug-likeness (QED) is 0.251. The molecule has 0 saturated carbocycles. The number of urea groups is 1.